The maximum atomic E-state index is 11.5. The predicted octanol–water partition coefficient (Wildman–Crippen LogP) is 2.54. The number of aryl methyl sites for hydroxylation is 1. The molecule has 0 aliphatic carbocycles. The number of hydrogen-bond donors (Lipinski definition) is 0. The summed E-state index contributed by atoms with van der Waals surface area (Å²) in [6, 6.07) is 3.43. The lowest BCUT2D eigenvalue weighted by atomic mass is 10.4. The maximum Gasteiger partial charge on any atom is 0.242 e. The molecule has 20 heavy (non-hydrogen) atoms. The highest BCUT2D eigenvalue weighted by molar-refractivity contribution is 8.00. The van der Waals surface area contributed by atoms with Gasteiger partial charge in [-0.05, 0) is 12.3 Å². The highest BCUT2D eigenvalue weighted by Gasteiger charge is 2.13. The number of thioether (sulfide) groups is 1. The van der Waals surface area contributed by atoms with Crippen molar-refractivity contribution in [2.75, 3.05) is 6.26 Å². The minimum atomic E-state index is 0.414. The molecule has 3 rings (SSSR count). The van der Waals surface area contributed by atoms with Crippen LogP contribution in [0.2, 0.25) is 0 Å². The summed E-state index contributed by atoms with van der Waals surface area (Å²) in [5.74, 6) is 0.848. The van der Waals surface area contributed by atoms with Crippen LogP contribution in [0.5, 0.6) is 11.6 Å². The molecule has 0 spiro atoms. The minimum absolute atomic E-state index is 0.414. The van der Waals surface area contributed by atoms with Crippen LogP contribution in [-0.4, -0.2) is 21.2 Å². The molecule has 0 atom stereocenters. The summed E-state index contributed by atoms with van der Waals surface area (Å²) < 4.78 is 8.10. The average Bonchev–Trinajstić information content (AvgIpc) is 2.87. The van der Waals surface area contributed by atoms with E-state index >= 15 is 0 Å². The molecule has 0 bridgehead atoms. The normalized spacial score (nSPS) is 10.9. The van der Waals surface area contributed by atoms with E-state index in [4.69, 9.17) is 4.74 Å². The molecule has 3 heterocycles. The van der Waals surface area contributed by atoms with Crippen molar-refractivity contribution in [1.29, 1.82) is 0 Å². The summed E-state index contributed by atoms with van der Waals surface area (Å²) in [4.78, 5) is 12.6. The molecule has 0 amide bonds. The summed E-state index contributed by atoms with van der Waals surface area (Å²) in [6.07, 6.45) is 4.73. The Labute approximate surface area is 123 Å². The molecule has 0 aliphatic heterocycles. The van der Waals surface area contributed by atoms with E-state index in [1.54, 1.807) is 30.8 Å². The lowest BCUT2D eigenvalue weighted by Gasteiger charge is -2.05. The first-order chi connectivity index (χ1) is 9.67. The molecule has 0 saturated heterocycles. The van der Waals surface area contributed by atoms with Crippen molar-refractivity contribution in [3.05, 3.63) is 35.6 Å². The summed E-state index contributed by atoms with van der Waals surface area (Å²) in [5, 5.41) is 11.5. The molecule has 0 fully saturated rings. The van der Waals surface area contributed by atoms with Crippen molar-refractivity contribution in [1.82, 2.24) is 15.0 Å². The second-order valence-corrected chi connectivity index (χ2v) is 6.00. The molecule has 3 aromatic rings. The van der Waals surface area contributed by atoms with Crippen LogP contribution in [-0.2, 0) is 0 Å². The Hall–Kier alpha value is -1.93. The van der Waals surface area contributed by atoms with Gasteiger partial charge in [-0.15, -0.1) is 11.3 Å². The lowest BCUT2D eigenvalue weighted by molar-refractivity contribution is -0.612. The molecule has 0 radical (unpaired) electrons. The molecule has 0 aromatic carbocycles. The largest absolute Gasteiger partial charge is 0.618 e. The molecule has 0 N–H and O–H groups in total. The van der Waals surface area contributed by atoms with Gasteiger partial charge in [0.1, 0.15) is 11.0 Å². The quantitative estimate of drug-likeness (QED) is 0.420. The third-order valence-corrected chi connectivity index (χ3v) is 4.63. The van der Waals surface area contributed by atoms with Crippen molar-refractivity contribution in [3.8, 4) is 11.6 Å². The van der Waals surface area contributed by atoms with E-state index in [1.165, 1.54) is 23.9 Å². The first-order valence-corrected chi connectivity index (χ1v) is 7.74. The smallest absolute Gasteiger partial charge is 0.242 e. The molecular formula is C12H10N4O2S2. The zero-order valence-corrected chi connectivity index (χ0v) is 12.4. The van der Waals surface area contributed by atoms with Crippen LogP contribution in [0.25, 0.3) is 10.3 Å². The third-order valence-electron chi connectivity index (χ3n) is 2.61. The van der Waals surface area contributed by atoms with Gasteiger partial charge in [0, 0.05) is 13.0 Å². The summed E-state index contributed by atoms with van der Waals surface area (Å²) in [5.41, 5.74) is 1.21. The van der Waals surface area contributed by atoms with Gasteiger partial charge in [0.05, 0.1) is 0 Å². The van der Waals surface area contributed by atoms with Crippen LogP contribution in [0.15, 0.2) is 29.0 Å². The molecule has 102 valence electrons. The predicted molar refractivity (Wildman–Crippen MR) is 77.2 cm³/mol. The lowest BCUT2D eigenvalue weighted by Crippen LogP contribution is -2.28. The van der Waals surface area contributed by atoms with Crippen molar-refractivity contribution in [3.63, 3.8) is 0 Å². The molecule has 6 nitrogen and oxygen atoms in total. The fourth-order valence-corrected chi connectivity index (χ4v) is 3.02. The second-order valence-electron chi connectivity index (χ2n) is 3.95. The SMILES string of the molecule is CSc1nc2ncnc(Oc3ccc(C)[n+]([O-])c3)c2s1. The van der Waals surface area contributed by atoms with Crippen LogP contribution in [0.1, 0.15) is 5.69 Å². The van der Waals surface area contributed by atoms with E-state index in [2.05, 4.69) is 15.0 Å². The average molecular weight is 306 g/mol. The Morgan fingerprint density at radius 3 is 2.95 bits per heavy atom. The van der Waals surface area contributed by atoms with Crippen molar-refractivity contribution < 1.29 is 9.47 Å². The molecule has 0 unspecified atom stereocenters. The summed E-state index contributed by atoms with van der Waals surface area (Å²) in [6.45, 7) is 1.73. The fourth-order valence-electron chi connectivity index (χ4n) is 1.58. The summed E-state index contributed by atoms with van der Waals surface area (Å²) >= 11 is 3.01. The highest BCUT2D eigenvalue weighted by atomic mass is 32.2. The van der Waals surface area contributed by atoms with E-state index in [9.17, 15) is 5.21 Å². The molecule has 8 heteroatoms. The number of rotatable bonds is 3. The molecule has 0 aliphatic rings. The number of thiazole rings is 1. The Morgan fingerprint density at radius 1 is 1.35 bits per heavy atom. The first kappa shape index (κ1) is 13.1. The van der Waals surface area contributed by atoms with Gasteiger partial charge in [-0.2, -0.15) is 4.73 Å². The first-order valence-electron chi connectivity index (χ1n) is 5.70. The molecule has 0 saturated carbocycles. The van der Waals surface area contributed by atoms with Gasteiger partial charge in [-0.1, -0.05) is 11.8 Å². The van der Waals surface area contributed by atoms with E-state index in [1.807, 2.05) is 6.26 Å². The zero-order chi connectivity index (χ0) is 14.1. The Kier molecular flexibility index (Phi) is 3.41. The minimum Gasteiger partial charge on any atom is -0.618 e. The van der Waals surface area contributed by atoms with Crippen LogP contribution < -0.4 is 9.47 Å². The zero-order valence-electron chi connectivity index (χ0n) is 10.7. The van der Waals surface area contributed by atoms with Crippen molar-refractivity contribution >= 4 is 33.4 Å². The van der Waals surface area contributed by atoms with Gasteiger partial charge >= 0.3 is 0 Å². The van der Waals surface area contributed by atoms with Crippen molar-refractivity contribution in [2.24, 2.45) is 0 Å². The van der Waals surface area contributed by atoms with Gasteiger partial charge in [0.25, 0.3) is 0 Å². The molecule has 3 aromatic heterocycles. The van der Waals surface area contributed by atoms with Gasteiger partial charge in [-0.3, -0.25) is 0 Å². The standard InChI is InChI=1S/C12H10N4O2S2/c1-7-3-4-8(5-16(7)17)18-11-9-10(13-6-14-11)15-12(19-2)20-9/h3-6H,1-2H3. The van der Waals surface area contributed by atoms with Gasteiger partial charge < -0.3 is 9.94 Å². The highest BCUT2D eigenvalue weighted by Crippen LogP contribution is 2.33. The van der Waals surface area contributed by atoms with Crippen LogP contribution in [0.4, 0.5) is 0 Å². The number of nitrogens with zero attached hydrogens (tertiary/aromatic N) is 4. The monoisotopic (exact) mass is 306 g/mol. The third kappa shape index (κ3) is 2.39. The topological polar surface area (TPSA) is 74.8 Å². The van der Waals surface area contributed by atoms with E-state index in [0.717, 1.165) is 13.8 Å². The van der Waals surface area contributed by atoms with Crippen LogP contribution >= 0.6 is 23.1 Å². The Balaban J connectivity index is 2.01. The van der Waals surface area contributed by atoms with Gasteiger partial charge in [0.15, 0.2) is 21.4 Å². The number of hydrogen-bond acceptors (Lipinski definition) is 7. The van der Waals surface area contributed by atoms with Crippen LogP contribution in [0.3, 0.4) is 0 Å². The number of fused-ring (bicyclic) bond motifs is 1. The van der Waals surface area contributed by atoms with Gasteiger partial charge in [-0.25, -0.2) is 15.0 Å². The van der Waals surface area contributed by atoms with Crippen LogP contribution in [0, 0.1) is 12.1 Å². The van der Waals surface area contributed by atoms with E-state index in [0.29, 0.717) is 23.0 Å². The van der Waals surface area contributed by atoms with Gasteiger partial charge in [0.2, 0.25) is 12.1 Å². The fraction of sp³-hybridized carbons (Fsp3) is 0.167. The Morgan fingerprint density at radius 2 is 2.20 bits per heavy atom. The number of aromatic nitrogens is 4. The Bertz CT molecular complexity index is 775. The number of ether oxygens (including phenoxy) is 1. The molecular weight excluding hydrogens is 296 g/mol. The second kappa shape index (κ2) is 5.22. The van der Waals surface area contributed by atoms with E-state index in [-0.39, 0.29) is 0 Å². The summed E-state index contributed by atoms with van der Waals surface area (Å²) in [7, 11) is 0. The number of pyridine rings is 1. The van der Waals surface area contributed by atoms with Crippen molar-refractivity contribution in [2.45, 2.75) is 11.3 Å². The maximum absolute atomic E-state index is 11.5. The van der Waals surface area contributed by atoms with E-state index < -0.39 is 0 Å².